The molecular weight excluding hydrogens is 366 g/mol. The minimum atomic E-state index is -0.633. The minimum absolute atomic E-state index is 0.259. The van der Waals surface area contributed by atoms with Crippen LogP contribution in [-0.2, 0) is 24.2 Å². The molecule has 1 aliphatic rings. The Labute approximate surface area is 173 Å². The summed E-state index contributed by atoms with van der Waals surface area (Å²) in [5, 5.41) is 16.7. The van der Waals surface area contributed by atoms with Gasteiger partial charge in [0.15, 0.2) is 5.96 Å². The van der Waals surface area contributed by atoms with Crippen LogP contribution in [0.15, 0.2) is 53.5 Å². The van der Waals surface area contributed by atoms with Crippen molar-refractivity contribution in [2.75, 3.05) is 32.8 Å². The Kier molecular flexibility index (Phi) is 8.34. The van der Waals surface area contributed by atoms with Gasteiger partial charge in [0.05, 0.1) is 32.5 Å². The van der Waals surface area contributed by atoms with Crippen LogP contribution in [0.5, 0.6) is 5.75 Å². The average molecular weight is 398 g/mol. The quantitative estimate of drug-likeness (QED) is 0.424. The highest BCUT2D eigenvalue weighted by molar-refractivity contribution is 5.79. The number of nitrogens with zero attached hydrogens (tertiary/aromatic N) is 1. The largest absolute Gasteiger partial charge is 0.493 e. The lowest BCUT2D eigenvalue weighted by Crippen LogP contribution is -2.39. The first-order valence-electron chi connectivity index (χ1n) is 10.3. The van der Waals surface area contributed by atoms with E-state index in [-0.39, 0.29) is 6.61 Å². The average Bonchev–Trinajstić information content (AvgIpc) is 3.21. The Morgan fingerprint density at radius 3 is 2.86 bits per heavy atom. The highest BCUT2D eigenvalue weighted by atomic mass is 16.5. The summed E-state index contributed by atoms with van der Waals surface area (Å²) in [5.41, 5.74) is 3.67. The molecule has 0 spiro atoms. The molecule has 6 nitrogen and oxygen atoms in total. The molecule has 29 heavy (non-hydrogen) atoms. The molecule has 0 bridgehead atoms. The molecule has 1 atom stereocenters. The summed E-state index contributed by atoms with van der Waals surface area (Å²) in [6.45, 7) is 5.39. The molecule has 0 saturated heterocycles. The van der Waals surface area contributed by atoms with Crippen molar-refractivity contribution in [3.8, 4) is 5.75 Å². The van der Waals surface area contributed by atoms with E-state index < -0.39 is 6.10 Å². The zero-order valence-electron chi connectivity index (χ0n) is 17.1. The second-order valence-electron chi connectivity index (χ2n) is 7.09. The third-order valence-corrected chi connectivity index (χ3v) is 4.69. The molecule has 2 aromatic rings. The van der Waals surface area contributed by atoms with Crippen LogP contribution in [0.3, 0.4) is 0 Å². The lowest BCUT2D eigenvalue weighted by atomic mass is 10.1. The van der Waals surface area contributed by atoms with Gasteiger partial charge in [-0.1, -0.05) is 42.5 Å². The number of aliphatic imine (C=N–C) groups is 1. The van der Waals surface area contributed by atoms with Crippen molar-refractivity contribution in [3.05, 3.63) is 65.2 Å². The van der Waals surface area contributed by atoms with E-state index in [1.807, 2.05) is 37.3 Å². The fourth-order valence-corrected chi connectivity index (χ4v) is 3.20. The number of rotatable bonds is 10. The molecule has 0 radical (unpaired) electrons. The standard InChI is InChI=1S/C23H31N3O3/c1-2-24-23(25-12-10-18-8-9-22-20(14-18)11-13-29-22)26-15-21(27)17-28-16-19-6-4-3-5-7-19/h3-9,14,21,27H,2,10-13,15-17H2,1H3,(H2,24,25,26). The predicted octanol–water partition coefficient (Wildman–Crippen LogP) is 2.30. The molecule has 0 aliphatic carbocycles. The number of hydrogen-bond donors (Lipinski definition) is 3. The van der Waals surface area contributed by atoms with E-state index in [4.69, 9.17) is 9.47 Å². The van der Waals surface area contributed by atoms with Gasteiger partial charge in [0.2, 0.25) is 0 Å². The number of hydrogen-bond acceptors (Lipinski definition) is 4. The predicted molar refractivity (Wildman–Crippen MR) is 115 cm³/mol. The van der Waals surface area contributed by atoms with Crippen LogP contribution in [0.1, 0.15) is 23.6 Å². The highest BCUT2D eigenvalue weighted by Gasteiger charge is 2.12. The molecule has 1 aliphatic heterocycles. The van der Waals surface area contributed by atoms with Gasteiger partial charge in [-0.05, 0) is 36.1 Å². The van der Waals surface area contributed by atoms with Gasteiger partial charge >= 0.3 is 0 Å². The first-order chi connectivity index (χ1) is 14.2. The highest BCUT2D eigenvalue weighted by Crippen LogP contribution is 2.25. The van der Waals surface area contributed by atoms with Crippen molar-refractivity contribution in [1.82, 2.24) is 10.6 Å². The van der Waals surface area contributed by atoms with Crippen LogP contribution >= 0.6 is 0 Å². The van der Waals surface area contributed by atoms with Crippen LogP contribution in [0.4, 0.5) is 0 Å². The topological polar surface area (TPSA) is 75.1 Å². The number of aliphatic hydroxyl groups is 1. The minimum Gasteiger partial charge on any atom is -0.493 e. The van der Waals surface area contributed by atoms with E-state index in [1.165, 1.54) is 11.1 Å². The Bertz CT molecular complexity index is 780. The summed E-state index contributed by atoms with van der Waals surface area (Å²) in [6.07, 6.45) is 1.26. The smallest absolute Gasteiger partial charge is 0.191 e. The molecule has 3 rings (SSSR count). The maximum atomic E-state index is 10.1. The first kappa shape index (κ1) is 21.1. The van der Waals surface area contributed by atoms with Crippen LogP contribution < -0.4 is 15.4 Å². The van der Waals surface area contributed by atoms with Gasteiger partial charge < -0.3 is 25.2 Å². The van der Waals surface area contributed by atoms with Gasteiger partial charge in [-0.3, -0.25) is 4.99 Å². The van der Waals surface area contributed by atoms with Gasteiger partial charge in [-0.2, -0.15) is 0 Å². The third-order valence-electron chi connectivity index (χ3n) is 4.69. The number of ether oxygens (including phenoxy) is 2. The number of fused-ring (bicyclic) bond motifs is 1. The van der Waals surface area contributed by atoms with Crippen molar-refractivity contribution in [3.63, 3.8) is 0 Å². The van der Waals surface area contributed by atoms with Crippen molar-refractivity contribution in [2.24, 2.45) is 4.99 Å². The maximum Gasteiger partial charge on any atom is 0.191 e. The zero-order chi connectivity index (χ0) is 20.3. The van der Waals surface area contributed by atoms with Crippen LogP contribution in [-0.4, -0.2) is 50.0 Å². The number of benzene rings is 2. The fourth-order valence-electron chi connectivity index (χ4n) is 3.20. The zero-order valence-corrected chi connectivity index (χ0v) is 17.1. The van der Waals surface area contributed by atoms with E-state index in [1.54, 1.807) is 0 Å². The summed E-state index contributed by atoms with van der Waals surface area (Å²) in [7, 11) is 0. The third kappa shape index (κ3) is 7.07. The first-order valence-corrected chi connectivity index (χ1v) is 10.3. The van der Waals surface area contributed by atoms with Crippen molar-refractivity contribution >= 4 is 5.96 Å². The molecule has 6 heteroatoms. The van der Waals surface area contributed by atoms with Crippen molar-refractivity contribution in [1.29, 1.82) is 0 Å². The molecule has 0 amide bonds. The second-order valence-corrected chi connectivity index (χ2v) is 7.09. The van der Waals surface area contributed by atoms with E-state index in [0.29, 0.717) is 19.1 Å². The molecule has 0 fully saturated rings. The summed E-state index contributed by atoms with van der Waals surface area (Å²) in [4.78, 5) is 4.47. The van der Waals surface area contributed by atoms with Gasteiger partial charge in [0, 0.05) is 19.5 Å². The number of nitrogens with one attached hydrogen (secondary N) is 2. The van der Waals surface area contributed by atoms with Crippen molar-refractivity contribution < 1.29 is 14.6 Å². The lowest BCUT2D eigenvalue weighted by Gasteiger charge is -2.14. The van der Waals surface area contributed by atoms with Gasteiger partial charge in [-0.15, -0.1) is 0 Å². The van der Waals surface area contributed by atoms with Crippen molar-refractivity contribution in [2.45, 2.75) is 32.5 Å². The van der Waals surface area contributed by atoms with Crippen LogP contribution in [0.25, 0.3) is 0 Å². The van der Waals surface area contributed by atoms with Gasteiger partial charge in [0.1, 0.15) is 5.75 Å². The van der Waals surface area contributed by atoms with Crippen LogP contribution in [0, 0.1) is 0 Å². The van der Waals surface area contributed by atoms with Crippen LogP contribution in [0.2, 0.25) is 0 Å². The molecule has 1 unspecified atom stereocenters. The van der Waals surface area contributed by atoms with E-state index in [0.717, 1.165) is 43.9 Å². The Balaban J connectivity index is 1.39. The number of guanidine groups is 1. The summed E-state index contributed by atoms with van der Waals surface area (Å²) in [5.74, 6) is 1.72. The summed E-state index contributed by atoms with van der Waals surface area (Å²) >= 11 is 0. The molecule has 0 saturated carbocycles. The fraction of sp³-hybridized carbons (Fsp3) is 0.435. The summed E-state index contributed by atoms with van der Waals surface area (Å²) < 4.78 is 11.1. The Morgan fingerprint density at radius 1 is 1.17 bits per heavy atom. The summed E-state index contributed by atoms with van der Waals surface area (Å²) in [6, 6.07) is 16.3. The Hall–Kier alpha value is -2.57. The van der Waals surface area contributed by atoms with E-state index in [9.17, 15) is 5.11 Å². The molecular formula is C23H31N3O3. The normalized spacial score (nSPS) is 14.2. The second kappa shape index (κ2) is 11.4. The number of aliphatic hydroxyl groups excluding tert-OH is 1. The maximum absolute atomic E-state index is 10.1. The lowest BCUT2D eigenvalue weighted by molar-refractivity contribution is 0.0331. The van der Waals surface area contributed by atoms with E-state index in [2.05, 4.69) is 33.8 Å². The monoisotopic (exact) mass is 397 g/mol. The molecule has 0 aromatic heterocycles. The molecule has 2 aromatic carbocycles. The van der Waals surface area contributed by atoms with Gasteiger partial charge in [-0.25, -0.2) is 0 Å². The molecule has 156 valence electrons. The molecule has 3 N–H and O–H groups in total. The van der Waals surface area contributed by atoms with E-state index >= 15 is 0 Å². The SMILES string of the molecule is CCNC(=NCC(O)COCc1ccccc1)NCCc1ccc2c(c1)CCO2. The molecule has 1 heterocycles. The Morgan fingerprint density at radius 2 is 2.03 bits per heavy atom. The van der Waals surface area contributed by atoms with Gasteiger partial charge in [0.25, 0.3) is 0 Å².